The Morgan fingerprint density at radius 1 is 1.38 bits per heavy atom. The van der Waals surface area contributed by atoms with Crippen LogP contribution in [-0.2, 0) is 13.6 Å². The fourth-order valence-electron chi connectivity index (χ4n) is 2.71. The number of hydrogen-bond donors (Lipinski definition) is 1. The fraction of sp³-hybridized carbons (Fsp3) is 0.467. The normalized spacial score (nSPS) is 19.0. The summed E-state index contributed by atoms with van der Waals surface area (Å²) in [6.07, 6.45) is 4.74. The van der Waals surface area contributed by atoms with E-state index in [0.717, 1.165) is 37.8 Å². The minimum atomic E-state index is 0.655. The van der Waals surface area contributed by atoms with E-state index in [-0.39, 0.29) is 0 Å². The van der Waals surface area contributed by atoms with Crippen molar-refractivity contribution in [3.05, 3.63) is 41.6 Å². The molecule has 0 spiro atoms. The third kappa shape index (κ3) is 3.54. The van der Waals surface area contributed by atoms with E-state index >= 15 is 0 Å². The van der Waals surface area contributed by atoms with Gasteiger partial charge in [-0.1, -0.05) is 17.7 Å². The van der Waals surface area contributed by atoms with Crippen LogP contribution >= 0.6 is 11.6 Å². The molecule has 1 unspecified atom stereocenters. The second kappa shape index (κ2) is 6.45. The fourth-order valence-corrected chi connectivity index (χ4v) is 2.86. The van der Waals surface area contributed by atoms with Gasteiger partial charge < -0.3 is 9.88 Å². The molecule has 0 aromatic carbocycles. The second-order valence-corrected chi connectivity index (χ2v) is 5.93. The van der Waals surface area contributed by atoms with Crippen molar-refractivity contribution in [2.75, 3.05) is 25.0 Å². The Morgan fingerprint density at radius 2 is 2.29 bits per heavy atom. The molecule has 112 valence electrons. The molecule has 0 amide bonds. The minimum Gasteiger partial charge on any atom is -0.370 e. The lowest BCUT2D eigenvalue weighted by atomic mass is 10.1. The summed E-state index contributed by atoms with van der Waals surface area (Å²) in [5.74, 6) is 2.63. The van der Waals surface area contributed by atoms with Crippen molar-refractivity contribution in [2.45, 2.75) is 13.0 Å². The maximum absolute atomic E-state index is 6.03. The average Bonchev–Trinajstić information content (AvgIpc) is 3.08. The molecule has 1 aliphatic rings. The second-order valence-electron chi connectivity index (χ2n) is 5.54. The molecular weight excluding hydrogens is 286 g/mol. The summed E-state index contributed by atoms with van der Waals surface area (Å²) in [6.45, 7) is 4.03. The molecule has 21 heavy (non-hydrogen) atoms. The van der Waals surface area contributed by atoms with Gasteiger partial charge in [0.1, 0.15) is 16.8 Å². The number of imidazole rings is 1. The zero-order valence-corrected chi connectivity index (χ0v) is 12.9. The number of pyridine rings is 1. The zero-order chi connectivity index (χ0) is 14.7. The van der Waals surface area contributed by atoms with Gasteiger partial charge in [-0.15, -0.1) is 0 Å². The van der Waals surface area contributed by atoms with Crippen LogP contribution in [0.4, 0.5) is 5.82 Å². The van der Waals surface area contributed by atoms with Gasteiger partial charge in [0.2, 0.25) is 0 Å². The highest BCUT2D eigenvalue weighted by molar-refractivity contribution is 6.29. The van der Waals surface area contributed by atoms with Crippen LogP contribution in [0.1, 0.15) is 12.2 Å². The molecule has 6 heteroatoms. The predicted molar refractivity (Wildman–Crippen MR) is 84.3 cm³/mol. The number of likely N-dealkylation sites (tertiary alicyclic amines) is 1. The topological polar surface area (TPSA) is 46.0 Å². The number of hydrogen-bond acceptors (Lipinski definition) is 4. The monoisotopic (exact) mass is 305 g/mol. The van der Waals surface area contributed by atoms with Crippen molar-refractivity contribution < 1.29 is 0 Å². The quantitative estimate of drug-likeness (QED) is 0.921. The Morgan fingerprint density at radius 3 is 3.00 bits per heavy atom. The van der Waals surface area contributed by atoms with Gasteiger partial charge in [0.05, 0.1) is 12.7 Å². The number of anilines is 1. The van der Waals surface area contributed by atoms with Crippen molar-refractivity contribution in [1.82, 2.24) is 19.4 Å². The van der Waals surface area contributed by atoms with Crippen LogP contribution in [0, 0.1) is 5.92 Å². The van der Waals surface area contributed by atoms with Crippen molar-refractivity contribution in [3.63, 3.8) is 0 Å². The van der Waals surface area contributed by atoms with Gasteiger partial charge >= 0.3 is 0 Å². The van der Waals surface area contributed by atoms with Crippen LogP contribution in [0.3, 0.4) is 0 Å². The standard InChI is InChI=1S/C15H20ClN5/c1-20-13(16)9-19-15(20)11-21-7-5-12(10-21)8-18-14-4-2-3-6-17-14/h2-4,6,9,12H,5,7-8,10-11H2,1H3,(H,17,18). The van der Waals surface area contributed by atoms with Crippen molar-refractivity contribution in [2.24, 2.45) is 13.0 Å². The van der Waals surface area contributed by atoms with E-state index in [9.17, 15) is 0 Å². The molecule has 0 aliphatic carbocycles. The van der Waals surface area contributed by atoms with Gasteiger partial charge in [-0.3, -0.25) is 4.90 Å². The predicted octanol–water partition coefficient (Wildman–Crippen LogP) is 2.40. The molecule has 1 aliphatic heterocycles. The third-order valence-corrected chi connectivity index (χ3v) is 4.35. The molecule has 5 nitrogen and oxygen atoms in total. The highest BCUT2D eigenvalue weighted by Gasteiger charge is 2.23. The van der Waals surface area contributed by atoms with E-state index in [1.165, 1.54) is 6.42 Å². The molecule has 1 fully saturated rings. The van der Waals surface area contributed by atoms with Gasteiger partial charge in [-0.05, 0) is 31.0 Å². The molecule has 0 radical (unpaired) electrons. The lowest BCUT2D eigenvalue weighted by Crippen LogP contribution is -2.24. The largest absolute Gasteiger partial charge is 0.370 e. The summed E-state index contributed by atoms with van der Waals surface area (Å²) in [5, 5.41) is 4.10. The summed E-state index contributed by atoms with van der Waals surface area (Å²) in [5.41, 5.74) is 0. The third-order valence-electron chi connectivity index (χ3n) is 4.00. The highest BCUT2D eigenvalue weighted by Crippen LogP contribution is 2.19. The first kappa shape index (κ1) is 14.4. The first-order valence-electron chi connectivity index (χ1n) is 7.25. The van der Waals surface area contributed by atoms with Crippen LogP contribution in [0.15, 0.2) is 30.6 Å². The summed E-state index contributed by atoms with van der Waals surface area (Å²) in [4.78, 5) is 11.1. The number of rotatable bonds is 5. The van der Waals surface area contributed by atoms with Gasteiger partial charge in [0.15, 0.2) is 0 Å². The molecule has 1 atom stereocenters. The number of halogens is 1. The summed E-state index contributed by atoms with van der Waals surface area (Å²) in [7, 11) is 1.96. The highest BCUT2D eigenvalue weighted by atomic mass is 35.5. The number of aromatic nitrogens is 3. The van der Waals surface area contributed by atoms with Crippen LogP contribution < -0.4 is 5.32 Å². The Balaban J connectivity index is 1.48. The van der Waals surface area contributed by atoms with E-state index in [1.807, 2.05) is 36.0 Å². The van der Waals surface area contributed by atoms with E-state index in [4.69, 9.17) is 11.6 Å². The van der Waals surface area contributed by atoms with Gasteiger partial charge in [-0.2, -0.15) is 0 Å². The summed E-state index contributed by atoms with van der Waals surface area (Å²) < 4.78 is 1.95. The van der Waals surface area contributed by atoms with Gasteiger partial charge in [-0.25, -0.2) is 9.97 Å². The van der Waals surface area contributed by atoms with Crippen molar-refractivity contribution >= 4 is 17.4 Å². The SMILES string of the molecule is Cn1c(Cl)cnc1CN1CCC(CNc2ccccn2)C1. The first-order valence-corrected chi connectivity index (χ1v) is 7.63. The van der Waals surface area contributed by atoms with Crippen LogP contribution in [-0.4, -0.2) is 39.1 Å². The maximum Gasteiger partial charge on any atom is 0.128 e. The van der Waals surface area contributed by atoms with E-state index in [0.29, 0.717) is 11.1 Å². The Kier molecular flexibility index (Phi) is 4.41. The molecular formula is C15H20ClN5. The number of nitrogens with zero attached hydrogens (tertiary/aromatic N) is 4. The van der Waals surface area contributed by atoms with E-state index < -0.39 is 0 Å². The molecule has 0 bridgehead atoms. The van der Waals surface area contributed by atoms with E-state index in [2.05, 4.69) is 20.2 Å². The maximum atomic E-state index is 6.03. The van der Waals surface area contributed by atoms with Crippen LogP contribution in [0.2, 0.25) is 5.15 Å². The van der Waals surface area contributed by atoms with Gasteiger partial charge in [0, 0.05) is 26.3 Å². The summed E-state index contributed by atoms with van der Waals surface area (Å²) in [6, 6.07) is 5.93. The van der Waals surface area contributed by atoms with E-state index in [1.54, 1.807) is 6.20 Å². The molecule has 0 saturated carbocycles. The Hall–Kier alpha value is -1.59. The smallest absolute Gasteiger partial charge is 0.128 e. The molecule has 1 saturated heterocycles. The molecule has 1 N–H and O–H groups in total. The summed E-state index contributed by atoms with van der Waals surface area (Å²) >= 11 is 6.03. The zero-order valence-electron chi connectivity index (χ0n) is 12.2. The Labute approximate surface area is 130 Å². The van der Waals surface area contributed by atoms with Crippen LogP contribution in [0.25, 0.3) is 0 Å². The van der Waals surface area contributed by atoms with Crippen molar-refractivity contribution in [1.29, 1.82) is 0 Å². The minimum absolute atomic E-state index is 0.655. The average molecular weight is 306 g/mol. The Bertz CT molecular complexity index is 583. The molecule has 3 heterocycles. The lowest BCUT2D eigenvalue weighted by molar-refractivity contribution is 0.307. The molecule has 2 aromatic heterocycles. The molecule has 2 aromatic rings. The first-order chi connectivity index (χ1) is 10.2. The number of nitrogens with one attached hydrogen (secondary N) is 1. The van der Waals surface area contributed by atoms with Gasteiger partial charge in [0.25, 0.3) is 0 Å². The lowest BCUT2D eigenvalue weighted by Gasteiger charge is -2.16. The van der Waals surface area contributed by atoms with Crippen molar-refractivity contribution in [3.8, 4) is 0 Å². The van der Waals surface area contributed by atoms with Crippen LogP contribution in [0.5, 0.6) is 0 Å². The molecule has 3 rings (SSSR count).